The molecule has 0 aromatic carbocycles. The van der Waals surface area contributed by atoms with Crippen molar-refractivity contribution in [1.29, 1.82) is 0 Å². The van der Waals surface area contributed by atoms with Gasteiger partial charge in [0.2, 0.25) is 0 Å². The van der Waals surface area contributed by atoms with Gasteiger partial charge in [-0.2, -0.15) is 13.2 Å². The number of nitrogens with two attached hydrogens (primary N) is 1. The second kappa shape index (κ2) is 5.77. The number of piperidine rings is 1. The highest BCUT2D eigenvalue weighted by atomic mass is 19.4. The minimum Gasteiger partial charge on any atom is -0.357 e. The fourth-order valence-corrected chi connectivity index (χ4v) is 2.43. The van der Waals surface area contributed by atoms with Crippen molar-refractivity contribution < 1.29 is 13.2 Å². The lowest BCUT2D eigenvalue weighted by atomic mass is 9.94. The molecule has 3 nitrogen and oxygen atoms in total. The molecule has 19 heavy (non-hydrogen) atoms. The van der Waals surface area contributed by atoms with E-state index in [4.69, 9.17) is 5.73 Å². The van der Waals surface area contributed by atoms with Crippen LogP contribution in [0.25, 0.3) is 0 Å². The second-order valence-electron chi connectivity index (χ2n) is 4.91. The van der Waals surface area contributed by atoms with Crippen LogP contribution >= 0.6 is 0 Å². The Kier molecular flexibility index (Phi) is 4.29. The lowest BCUT2D eigenvalue weighted by Crippen LogP contribution is -2.34. The lowest BCUT2D eigenvalue weighted by molar-refractivity contribution is -0.137. The molecule has 2 heterocycles. The summed E-state index contributed by atoms with van der Waals surface area (Å²) >= 11 is 0. The van der Waals surface area contributed by atoms with Crippen molar-refractivity contribution in [3.8, 4) is 0 Å². The molecule has 0 atom stereocenters. The molecular formula is C13H18F3N3. The third-order valence-corrected chi connectivity index (χ3v) is 3.59. The van der Waals surface area contributed by atoms with E-state index in [0.29, 0.717) is 18.3 Å². The summed E-state index contributed by atoms with van der Waals surface area (Å²) in [6.07, 6.45) is -0.338. The van der Waals surface area contributed by atoms with Crippen LogP contribution in [0.5, 0.6) is 0 Å². The largest absolute Gasteiger partial charge is 0.417 e. The maximum atomic E-state index is 12.4. The summed E-state index contributed by atoms with van der Waals surface area (Å²) in [7, 11) is 0. The summed E-state index contributed by atoms with van der Waals surface area (Å²) in [6, 6.07) is 2.54. The molecule has 1 fully saturated rings. The number of hydrogen-bond donors (Lipinski definition) is 1. The summed E-state index contributed by atoms with van der Waals surface area (Å²) in [6.45, 7) is 2.37. The number of alkyl halides is 3. The van der Waals surface area contributed by atoms with Crippen molar-refractivity contribution in [2.45, 2.75) is 25.4 Å². The maximum absolute atomic E-state index is 12.4. The van der Waals surface area contributed by atoms with Gasteiger partial charge in [0, 0.05) is 19.3 Å². The first-order valence-electron chi connectivity index (χ1n) is 6.49. The van der Waals surface area contributed by atoms with E-state index >= 15 is 0 Å². The zero-order valence-corrected chi connectivity index (χ0v) is 10.7. The van der Waals surface area contributed by atoms with E-state index in [1.165, 1.54) is 6.07 Å². The highest BCUT2D eigenvalue weighted by Gasteiger charge is 2.31. The Morgan fingerprint density at radius 2 is 1.95 bits per heavy atom. The van der Waals surface area contributed by atoms with Crippen LogP contribution in [-0.4, -0.2) is 24.6 Å². The molecule has 1 aromatic heterocycles. The summed E-state index contributed by atoms with van der Waals surface area (Å²) < 4.78 is 37.3. The van der Waals surface area contributed by atoms with Crippen LogP contribution in [0.2, 0.25) is 0 Å². The summed E-state index contributed by atoms with van der Waals surface area (Å²) in [5, 5.41) is 0. The smallest absolute Gasteiger partial charge is 0.357 e. The first kappa shape index (κ1) is 14.1. The van der Waals surface area contributed by atoms with Crippen LogP contribution in [0.1, 0.15) is 24.8 Å². The number of halogens is 3. The van der Waals surface area contributed by atoms with Crippen LogP contribution in [0.3, 0.4) is 0 Å². The number of anilines is 1. The van der Waals surface area contributed by atoms with Crippen molar-refractivity contribution in [3.05, 3.63) is 23.9 Å². The van der Waals surface area contributed by atoms with Gasteiger partial charge in [0.25, 0.3) is 0 Å². The third-order valence-electron chi connectivity index (χ3n) is 3.59. The molecule has 6 heteroatoms. The van der Waals surface area contributed by atoms with E-state index in [1.807, 2.05) is 4.90 Å². The van der Waals surface area contributed by atoms with Gasteiger partial charge in [0.1, 0.15) is 5.82 Å². The van der Waals surface area contributed by atoms with Gasteiger partial charge in [-0.1, -0.05) is 0 Å². The van der Waals surface area contributed by atoms with E-state index in [-0.39, 0.29) is 0 Å². The topological polar surface area (TPSA) is 42.1 Å². The van der Waals surface area contributed by atoms with Crippen LogP contribution in [0.15, 0.2) is 18.3 Å². The molecule has 1 aliphatic rings. The van der Waals surface area contributed by atoms with Crippen molar-refractivity contribution in [1.82, 2.24) is 4.98 Å². The molecule has 1 saturated heterocycles. The Morgan fingerprint density at radius 3 is 2.42 bits per heavy atom. The van der Waals surface area contributed by atoms with E-state index in [1.54, 1.807) is 0 Å². The Balaban J connectivity index is 1.97. The number of hydrogen-bond acceptors (Lipinski definition) is 3. The SMILES string of the molecule is NCCC1CCN(c2ccc(C(F)(F)F)cn2)CC1. The number of pyridine rings is 1. The lowest BCUT2D eigenvalue weighted by Gasteiger charge is -2.32. The van der Waals surface area contributed by atoms with E-state index in [9.17, 15) is 13.2 Å². The van der Waals surface area contributed by atoms with Gasteiger partial charge in [-0.25, -0.2) is 4.98 Å². The minimum atomic E-state index is -4.32. The summed E-state index contributed by atoms with van der Waals surface area (Å²) in [5.74, 6) is 1.26. The van der Waals surface area contributed by atoms with Crippen molar-refractivity contribution in [2.75, 3.05) is 24.5 Å². The van der Waals surface area contributed by atoms with E-state index in [0.717, 1.165) is 44.6 Å². The molecular weight excluding hydrogens is 255 g/mol. The molecule has 0 radical (unpaired) electrons. The monoisotopic (exact) mass is 273 g/mol. The molecule has 1 aromatic rings. The zero-order valence-electron chi connectivity index (χ0n) is 10.7. The molecule has 1 aliphatic heterocycles. The Bertz CT molecular complexity index is 395. The van der Waals surface area contributed by atoms with Crippen LogP contribution in [0, 0.1) is 5.92 Å². The van der Waals surface area contributed by atoms with Gasteiger partial charge in [0.05, 0.1) is 5.56 Å². The van der Waals surface area contributed by atoms with Crippen LogP contribution in [-0.2, 0) is 6.18 Å². The molecule has 0 spiro atoms. The van der Waals surface area contributed by atoms with Gasteiger partial charge >= 0.3 is 6.18 Å². The zero-order chi connectivity index (χ0) is 13.9. The highest BCUT2D eigenvalue weighted by Crippen LogP contribution is 2.30. The molecule has 0 bridgehead atoms. The molecule has 2 rings (SSSR count). The van der Waals surface area contributed by atoms with Gasteiger partial charge in [-0.05, 0) is 43.9 Å². The van der Waals surface area contributed by atoms with Crippen molar-refractivity contribution in [3.63, 3.8) is 0 Å². The fraction of sp³-hybridized carbons (Fsp3) is 0.615. The molecule has 106 valence electrons. The standard InChI is InChI=1S/C13H18F3N3/c14-13(15,16)11-1-2-12(18-9-11)19-7-4-10(3-6-17)5-8-19/h1-2,9-10H,3-8,17H2. The van der Waals surface area contributed by atoms with E-state index in [2.05, 4.69) is 4.98 Å². The van der Waals surface area contributed by atoms with Gasteiger partial charge in [0.15, 0.2) is 0 Å². The predicted molar refractivity (Wildman–Crippen MR) is 67.8 cm³/mol. The van der Waals surface area contributed by atoms with Crippen LogP contribution < -0.4 is 10.6 Å². The highest BCUT2D eigenvalue weighted by molar-refractivity contribution is 5.40. The Hall–Kier alpha value is -1.30. The third kappa shape index (κ3) is 3.59. The van der Waals surface area contributed by atoms with E-state index < -0.39 is 11.7 Å². The molecule has 0 amide bonds. The van der Waals surface area contributed by atoms with Crippen molar-refractivity contribution >= 4 is 5.82 Å². The molecule has 0 aliphatic carbocycles. The molecule has 2 N–H and O–H groups in total. The number of aromatic nitrogens is 1. The summed E-state index contributed by atoms with van der Waals surface area (Å²) in [4.78, 5) is 5.96. The first-order chi connectivity index (χ1) is 9.00. The fourth-order valence-electron chi connectivity index (χ4n) is 2.43. The maximum Gasteiger partial charge on any atom is 0.417 e. The van der Waals surface area contributed by atoms with Gasteiger partial charge < -0.3 is 10.6 Å². The minimum absolute atomic E-state index is 0.624. The average Bonchev–Trinajstić information content (AvgIpc) is 2.39. The quantitative estimate of drug-likeness (QED) is 0.920. The predicted octanol–water partition coefficient (Wildman–Crippen LogP) is 2.67. The van der Waals surface area contributed by atoms with Crippen LogP contribution in [0.4, 0.5) is 19.0 Å². The normalized spacial score (nSPS) is 17.8. The number of nitrogens with zero attached hydrogens (tertiary/aromatic N) is 2. The number of rotatable bonds is 3. The molecule has 0 saturated carbocycles. The second-order valence-corrected chi connectivity index (χ2v) is 4.91. The van der Waals surface area contributed by atoms with Crippen molar-refractivity contribution in [2.24, 2.45) is 11.7 Å². The van der Waals surface area contributed by atoms with Gasteiger partial charge in [-0.15, -0.1) is 0 Å². The van der Waals surface area contributed by atoms with Gasteiger partial charge in [-0.3, -0.25) is 0 Å². The average molecular weight is 273 g/mol. The Morgan fingerprint density at radius 1 is 1.26 bits per heavy atom. The molecule has 0 unspecified atom stereocenters. The first-order valence-corrected chi connectivity index (χ1v) is 6.49. The Labute approximate surface area is 110 Å². The summed E-state index contributed by atoms with van der Waals surface area (Å²) in [5.41, 5.74) is 4.83.